The van der Waals surface area contributed by atoms with Gasteiger partial charge in [0.2, 0.25) is 0 Å². The molecule has 1 aromatic rings. The number of halogens is 3. The van der Waals surface area contributed by atoms with E-state index in [2.05, 4.69) is 4.74 Å². The number of ether oxygens (including phenoxy) is 1. The van der Waals surface area contributed by atoms with Crippen LogP contribution < -0.4 is 4.74 Å². The minimum Gasteiger partial charge on any atom is -0.406 e. The molecule has 0 bridgehead atoms. The van der Waals surface area contributed by atoms with E-state index in [-0.39, 0.29) is 5.75 Å². The number of hydrogen-bond donors (Lipinski definition) is 0. The third-order valence-electron chi connectivity index (χ3n) is 5.09. The second-order valence-corrected chi connectivity index (χ2v) is 9.01. The average molecular weight is 392 g/mol. The van der Waals surface area contributed by atoms with Crippen LogP contribution in [-0.2, 0) is 16.6 Å². The summed E-state index contributed by atoms with van der Waals surface area (Å²) in [7, 11) is -3.51. The van der Waals surface area contributed by atoms with Gasteiger partial charge in [0, 0.05) is 25.2 Å². The first-order valence-electron chi connectivity index (χ1n) is 8.73. The van der Waals surface area contributed by atoms with Gasteiger partial charge in [0.15, 0.2) is 0 Å². The van der Waals surface area contributed by atoms with E-state index in [1.54, 1.807) is 16.4 Å². The number of nitrogens with zero attached hydrogens (tertiary/aromatic N) is 2. The van der Waals surface area contributed by atoms with Crippen molar-refractivity contribution in [3.05, 3.63) is 29.8 Å². The second kappa shape index (κ2) is 7.01. The first-order chi connectivity index (χ1) is 12.1. The fourth-order valence-corrected chi connectivity index (χ4v) is 5.95. The molecule has 2 aliphatic rings. The maximum Gasteiger partial charge on any atom is 0.573 e. The summed E-state index contributed by atoms with van der Waals surface area (Å²) < 4.78 is 69.7. The van der Waals surface area contributed by atoms with Crippen molar-refractivity contribution in [1.29, 1.82) is 0 Å². The van der Waals surface area contributed by atoms with Gasteiger partial charge >= 0.3 is 6.36 Å². The molecular formula is C17H23F3N2O3S. The van der Waals surface area contributed by atoms with Gasteiger partial charge in [-0.25, -0.2) is 0 Å². The van der Waals surface area contributed by atoms with Gasteiger partial charge in [-0.2, -0.15) is 17.0 Å². The molecule has 0 saturated carbocycles. The molecular weight excluding hydrogens is 369 g/mol. The second-order valence-electron chi connectivity index (χ2n) is 7.16. The lowest BCUT2D eigenvalue weighted by atomic mass is 9.91. The summed E-state index contributed by atoms with van der Waals surface area (Å²) in [6.45, 7) is 3.50. The molecule has 146 valence electrons. The van der Waals surface area contributed by atoms with Crippen molar-refractivity contribution in [2.45, 2.75) is 50.9 Å². The summed E-state index contributed by atoms with van der Waals surface area (Å²) in [5.41, 5.74) is 0.207. The van der Waals surface area contributed by atoms with Crippen LogP contribution in [-0.4, -0.2) is 48.6 Å². The topological polar surface area (TPSA) is 49.9 Å². The van der Waals surface area contributed by atoms with Crippen molar-refractivity contribution in [3.63, 3.8) is 0 Å². The Bertz CT molecular complexity index is 731. The highest BCUT2D eigenvalue weighted by atomic mass is 32.2. The van der Waals surface area contributed by atoms with E-state index < -0.39 is 22.1 Å². The monoisotopic (exact) mass is 392 g/mol. The normalized spacial score (nSPS) is 25.7. The molecule has 2 saturated heterocycles. The van der Waals surface area contributed by atoms with Gasteiger partial charge in [-0.05, 0) is 56.7 Å². The zero-order valence-corrected chi connectivity index (χ0v) is 15.4. The van der Waals surface area contributed by atoms with Crippen molar-refractivity contribution >= 4 is 10.2 Å². The highest BCUT2D eigenvalue weighted by molar-refractivity contribution is 7.86. The molecule has 26 heavy (non-hydrogen) atoms. The van der Waals surface area contributed by atoms with Crippen LogP contribution in [0, 0.1) is 0 Å². The van der Waals surface area contributed by atoms with Crippen LogP contribution in [0.25, 0.3) is 0 Å². The van der Waals surface area contributed by atoms with Crippen LogP contribution >= 0.6 is 0 Å². The number of alkyl halides is 3. The molecule has 0 aliphatic carbocycles. The van der Waals surface area contributed by atoms with Crippen molar-refractivity contribution < 1.29 is 26.3 Å². The molecule has 3 rings (SSSR count). The molecule has 2 fully saturated rings. The summed E-state index contributed by atoms with van der Waals surface area (Å²) in [6, 6.07) is 5.65. The van der Waals surface area contributed by atoms with Crippen molar-refractivity contribution in [1.82, 2.24) is 8.61 Å². The molecule has 2 aliphatic heterocycles. The Kier molecular flexibility index (Phi) is 5.24. The van der Waals surface area contributed by atoms with E-state index in [1.165, 1.54) is 16.4 Å². The summed E-state index contributed by atoms with van der Waals surface area (Å²) in [4.78, 5) is 0. The van der Waals surface area contributed by atoms with E-state index in [0.717, 1.165) is 31.2 Å². The Hall–Kier alpha value is -1.32. The number of hydrogen-bond acceptors (Lipinski definition) is 3. The molecule has 0 spiro atoms. The van der Waals surface area contributed by atoms with E-state index in [4.69, 9.17) is 0 Å². The van der Waals surface area contributed by atoms with E-state index in [9.17, 15) is 21.6 Å². The third-order valence-corrected chi connectivity index (χ3v) is 7.29. The van der Waals surface area contributed by atoms with Crippen LogP contribution in [0.3, 0.4) is 0 Å². The van der Waals surface area contributed by atoms with Gasteiger partial charge in [0.1, 0.15) is 5.75 Å². The Balaban J connectivity index is 1.75. The van der Waals surface area contributed by atoms with Crippen molar-refractivity contribution in [2.75, 3.05) is 19.6 Å². The molecule has 0 radical (unpaired) electrons. The standard InChI is InChI=1S/C17H23F3N2O3S/c1-16(13-14-5-7-15(8-6-14)25-17(18,19)20)9-4-12-22(16)26(23,24)21-10-2-3-11-21/h5-8H,2-4,9-13H2,1H3. The Morgan fingerprint density at radius 3 is 2.27 bits per heavy atom. The van der Waals surface area contributed by atoms with Crippen molar-refractivity contribution in [3.8, 4) is 5.75 Å². The van der Waals surface area contributed by atoms with Crippen LogP contribution in [0.15, 0.2) is 24.3 Å². The smallest absolute Gasteiger partial charge is 0.406 e. The minimum absolute atomic E-state index is 0.278. The Morgan fingerprint density at radius 2 is 1.69 bits per heavy atom. The maximum absolute atomic E-state index is 13.0. The van der Waals surface area contributed by atoms with Crippen LogP contribution in [0.1, 0.15) is 38.2 Å². The predicted octanol–water partition coefficient (Wildman–Crippen LogP) is 3.32. The molecule has 1 aromatic carbocycles. The fraction of sp³-hybridized carbons (Fsp3) is 0.647. The van der Waals surface area contributed by atoms with Gasteiger partial charge in [0.25, 0.3) is 10.2 Å². The molecule has 0 aromatic heterocycles. The fourth-order valence-electron chi connectivity index (χ4n) is 3.88. The largest absolute Gasteiger partial charge is 0.573 e. The lowest BCUT2D eigenvalue weighted by molar-refractivity contribution is -0.274. The molecule has 1 atom stereocenters. The zero-order chi connectivity index (χ0) is 19.0. The van der Waals surface area contributed by atoms with E-state index in [0.29, 0.717) is 26.1 Å². The summed E-state index contributed by atoms with van der Waals surface area (Å²) in [5, 5.41) is 0. The Morgan fingerprint density at radius 1 is 1.08 bits per heavy atom. The molecule has 1 unspecified atom stereocenters. The molecule has 0 N–H and O–H groups in total. The minimum atomic E-state index is -4.72. The highest BCUT2D eigenvalue weighted by Gasteiger charge is 2.46. The molecule has 5 nitrogen and oxygen atoms in total. The first kappa shape index (κ1) is 19.4. The Labute approximate surface area is 151 Å². The van der Waals surface area contributed by atoms with Gasteiger partial charge in [-0.15, -0.1) is 13.2 Å². The van der Waals surface area contributed by atoms with Gasteiger partial charge in [-0.1, -0.05) is 12.1 Å². The first-order valence-corrected chi connectivity index (χ1v) is 10.1. The lowest BCUT2D eigenvalue weighted by Crippen LogP contribution is -2.51. The van der Waals surface area contributed by atoms with E-state index >= 15 is 0 Å². The van der Waals surface area contributed by atoms with Gasteiger partial charge in [0.05, 0.1) is 0 Å². The van der Waals surface area contributed by atoms with Crippen LogP contribution in [0.4, 0.5) is 13.2 Å². The summed E-state index contributed by atoms with van der Waals surface area (Å²) >= 11 is 0. The maximum atomic E-state index is 13.0. The highest BCUT2D eigenvalue weighted by Crippen LogP contribution is 2.37. The lowest BCUT2D eigenvalue weighted by Gasteiger charge is -2.36. The van der Waals surface area contributed by atoms with Crippen molar-refractivity contribution in [2.24, 2.45) is 0 Å². The zero-order valence-electron chi connectivity index (χ0n) is 14.6. The average Bonchev–Trinajstić information content (AvgIpc) is 3.18. The quantitative estimate of drug-likeness (QED) is 0.772. The van der Waals surface area contributed by atoms with E-state index in [1.807, 2.05) is 6.92 Å². The van der Waals surface area contributed by atoms with Gasteiger partial charge < -0.3 is 4.74 Å². The van der Waals surface area contributed by atoms with Gasteiger partial charge in [-0.3, -0.25) is 0 Å². The third kappa shape index (κ3) is 4.15. The van der Waals surface area contributed by atoms with Crippen LogP contribution in [0.5, 0.6) is 5.75 Å². The molecule has 9 heteroatoms. The molecule has 2 heterocycles. The molecule has 0 amide bonds. The predicted molar refractivity (Wildman–Crippen MR) is 90.9 cm³/mol. The number of rotatable bonds is 5. The summed E-state index contributed by atoms with van der Waals surface area (Å²) in [5.74, 6) is -0.278. The number of benzene rings is 1. The SMILES string of the molecule is CC1(Cc2ccc(OC(F)(F)F)cc2)CCCN1S(=O)(=O)N1CCCC1. The summed E-state index contributed by atoms with van der Waals surface area (Å²) in [6.07, 6.45) is -1.01. The van der Waals surface area contributed by atoms with Crippen LogP contribution in [0.2, 0.25) is 0 Å².